The molecule has 0 saturated carbocycles. The molecule has 0 spiro atoms. The highest BCUT2D eigenvalue weighted by Crippen LogP contribution is 2.46. The van der Waals surface area contributed by atoms with Crippen LogP contribution in [0.3, 0.4) is 0 Å². The van der Waals surface area contributed by atoms with Crippen molar-refractivity contribution in [2.24, 2.45) is 5.73 Å². The van der Waals surface area contributed by atoms with E-state index in [-0.39, 0.29) is 24.9 Å². The van der Waals surface area contributed by atoms with E-state index >= 15 is 0 Å². The van der Waals surface area contributed by atoms with Crippen LogP contribution in [-0.4, -0.2) is 32.7 Å². The van der Waals surface area contributed by atoms with E-state index in [1.807, 2.05) is 0 Å². The van der Waals surface area contributed by atoms with Crippen molar-refractivity contribution >= 4 is 13.4 Å². The summed E-state index contributed by atoms with van der Waals surface area (Å²) in [4.78, 5) is 10.7. The number of carbonyl (C=O) groups excluding carboxylic acids is 1. The summed E-state index contributed by atoms with van der Waals surface area (Å²) in [5.41, 5.74) is 5.06. The first-order valence-corrected chi connectivity index (χ1v) is 5.23. The van der Waals surface area contributed by atoms with Gasteiger partial charge in [-0.25, -0.2) is 0 Å². The lowest BCUT2D eigenvalue weighted by Crippen LogP contribution is -2.14. The molecule has 2 N–H and O–H groups in total. The molecule has 0 amide bonds. The first-order chi connectivity index (χ1) is 5.58. The summed E-state index contributed by atoms with van der Waals surface area (Å²) in [5, 5.41) is 0. The Morgan fingerprint density at radius 3 is 2.25 bits per heavy atom. The minimum atomic E-state index is -3.02. The van der Waals surface area contributed by atoms with E-state index in [9.17, 15) is 9.36 Å². The van der Waals surface area contributed by atoms with Crippen LogP contribution in [0.4, 0.5) is 0 Å². The molecular weight excluding hydrogens is 181 g/mol. The molecule has 0 aliphatic heterocycles. The number of nitrogens with two attached hydrogens (primary N) is 1. The van der Waals surface area contributed by atoms with Crippen molar-refractivity contribution in [3.8, 4) is 0 Å². The van der Waals surface area contributed by atoms with Gasteiger partial charge in [-0.2, -0.15) is 0 Å². The topological polar surface area (TPSA) is 78.6 Å². The third-order valence-corrected chi connectivity index (χ3v) is 3.33. The molecule has 0 radical (unpaired) electrons. The van der Waals surface area contributed by atoms with Crippen LogP contribution in [0.1, 0.15) is 6.42 Å². The third-order valence-electron chi connectivity index (χ3n) is 1.45. The molecule has 0 aliphatic rings. The van der Waals surface area contributed by atoms with Gasteiger partial charge < -0.3 is 14.8 Å². The van der Waals surface area contributed by atoms with Gasteiger partial charge in [0.05, 0.1) is 12.7 Å². The summed E-state index contributed by atoms with van der Waals surface area (Å²) < 4.78 is 20.6. The molecule has 12 heavy (non-hydrogen) atoms. The molecule has 0 aromatic rings. The van der Waals surface area contributed by atoms with Crippen LogP contribution in [-0.2, 0) is 18.4 Å². The van der Waals surface area contributed by atoms with Gasteiger partial charge in [-0.15, -0.1) is 0 Å². The Morgan fingerprint density at radius 2 is 1.92 bits per heavy atom. The van der Waals surface area contributed by atoms with Crippen LogP contribution in [0.25, 0.3) is 0 Å². The van der Waals surface area contributed by atoms with E-state index in [2.05, 4.69) is 9.05 Å². The monoisotopic (exact) mass is 195 g/mol. The van der Waals surface area contributed by atoms with Gasteiger partial charge in [-0.3, -0.25) is 9.36 Å². The maximum atomic E-state index is 11.3. The SMILES string of the molecule is COP(=O)(CCC(=O)CN)OC. The third kappa shape index (κ3) is 3.97. The highest BCUT2D eigenvalue weighted by molar-refractivity contribution is 7.53. The highest BCUT2D eigenvalue weighted by Gasteiger charge is 2.21. The van der Waals surface area contributed by atoms with Crippen molar-refractivity contribution in [3.05, 3.63) is 0 Å². The van der Waals surface area contributed by atoms with E-state index in [4.69, 9.17) is 5.73 Å². The second-order valence-electron chi connectivity index (χ2n) is 2.19. The zero-order valence-corrected chi connectivity index (χ0v) is 8.17. The Balaban J connectivity index is 3.89. The molecule has 0 fully saturated rings. The maximum absolute atomic E-state index is 11.3. The van der Waals surface area contributed by atoms with Crippen molar-refractivity contribution in [2.75, 3.05) is 26.9 Å². The minimum Gasteiger partial charge on any atom is -0.324 e. The van der Waals surface area contributed by atoms with Crippen LogP contribution < -0.4 is 5.73 Å². The first kappa shape index (κ1) is 11.8. The van der Waals surface area contributed by atoms with Gasteiger partial charge in [-0.05, 0) is 0 Å². The fourth-order valence-electron chi connectivity index (χ4n) is 0.621. The number of Topliss-reactive ketones (excluding diaryl/α,β-unsaturated/α-hetero) is 1. The fourth-order valence-corrected chi connectivity index (χ4v) is 1.66. The molecule has 0 aliphatic carbocycles. The molecule has 72 valence electrons. The van der Waals surface area contributed by atoms with Gasteiger partial charge in [-0.1, -0.05) is 0 Å². The van der Waals surface area contributed by atoms with E-state index < -0.39 is 7.60 Å². The molecule has 5 nitrogen and oxygen atoms in total. The van der Waals surface area contributed by atoms with Gasteiger partial charge in [0.2, 0.25) is 0 Å². The normalized spacial score (nSPS) is 11.6. The standard InChI is InChI=1S/C6H14NO4P/c1-10-12(9,11-2)4-3-6(8)5-7/h3-5,7H2,1-2H3. The predicted octanol–water partition coefficient (Wildman–Crippen LogP) is 0.390. The fraction of sp³-hybridized carbons (Fsp3) is 0.833. The zero-order valence-electron chi connectivity index (χ0n) is 7.28. The van der Waals surface area contributed by atoms with Crippen molar-refractivity contribution in [1.29, 1.82) is 0 Å². The predicted molar refractivity (Wildman–Crippen MR) is 45.2 cm³/mol. The van der Waals surface area contributed by atoms with E-state index in [1.165, 1.54) is 14.2 Å². The Morgan fingerprint density at radius 1 is 1.42 bits per heavy atom. The van der Waals surface area contributed by atoms with E-state index in [0.717, 1.165) is 0 Å². The van der Waals surface area contributed by atoms with Crippen LogP contribution >= 0.6 is 7.60 Å². The summed E-state index contributed by atoms with van der Waals surface area (Å²) in [6.45, 7) is -0.0343. The summed E-state index contributed by atoms with van der Waals surface area (Å²) in [6, 6.07) is 0. The average Bonchev–Trinajstić information content (AvgIpc) is 2.13. The Labute approximate surface area is 71.8 Å². The van der Waals surface area contributed by atoms with Crippen molar-refractivity contribution < 1.29 is 18.4 Å². The Bertz CT molecular complexity index is 186. The van der Waals surface area contributed by atoms with Gasteiger partial charge in [0, 0.05) is 20.6 Å². The van der Waals surface area contributed by atoms with Gasteiger partial charge in [0.25, 0.3) is 0 Å². The maximum Gasteiger partial charge on any atom is 0.330 e. The lowest BCUT2D eigenvalue weighted by Gasteiger charge is -2.11. The van der Waals surface area contributed by atoms with Gasteiger partial charge in [0.15, 0.2) is 0 Å². The number of hydrogen-bond donors (Lipinski definition) is 1. The molecular formula is C6H14NO4P. The number of ketones is 1. The molecule has 0 unspecified atom stereocenters. The quantitative estimate of drug-likeness (QED) is 0.620. The lowest BCUT2D eigenvalue weighted by molar-refractivity contribution is -0.117. The summed E-state index contributed by atoms with van der Waals surface area (Å²) in [6.07, 6.45) is 0.228. The minimum absolute atomic E-state index is 0.0343. The molecule has 0 bridgehead atoms. The largest absolute Gasteiger partial charge is 0.330 e. The highest BCUT2D eigenvalue weighted by atomic mass is 31.2. The van der Waals surface area contributed by atoms with Crippen molar-refractivity contribution in [3.63, 3.8) is 0 Å². The van der Waals surface area contributed by atoms with Crippen LogP contribution in [0.15, 0.2) is 0 Å². The van der Waals surface area contributed by atoms with Gasteiger partial charge in [0.1, 0.15) is 5.78 Å². The molecule has 0 aromatic carbocycles. The molecule has 6 heteroatoms. The molecule has 0 heterocycles. The van der Waals surface area contributed by atoms with Crippen LogP contribution in [0.2, 0.25) is 0 Å². The van der Waals surface area contributed by atoms with Crippen LogP contribution in [0.5, 0.6) is 0 Å². The van der Waals surface area contributed by atoms with E-state index in [1.54, 1.807) is 0 Å². The van der Waals surface area contributed by atoms with Crippen molar-refractivity contribution in [2.45, 2.75) is 6.42 Å². The number of rotatable bonds is 6. The van der Waals surface area contributed by atoms with Gasteiger partial charge >= 0.3 is 7.60 Å². The summed E-state index contributed by atoms with van der Waals surface area (Å²) in [7, 11) is -0.447. The summed E-state index contributed by atoms with van der Waals surface area (Å²) in [5.74, 6) is -0.149. The Hall–Kier alpha value is -0.220. The van der Waals surface area contributed by atoms with Crippen LogP contribution in [0, 0.1) is 0 Å². The molecule has 0 rings (SSSR count). The van der Waals surface area contributed by atoms with E-state index in [0.29, 0.717) is 0 Å². The molecule has 0 aromatic heterocycles. The smallest absolute Gasteiger partial charge is 0.324 e. The molecule has 0 atom stereocenters. The average molecular weight is 195 g/mol. The second-order valence-corrected chi connectivity index (χ2v) is 4.59. The Kier molecular flexibility index (Phi) is 5.33. The number of carbonyl (C=O) groups is 1. The molecule has 0 saturated heterocycles. The second kappa shape index (κ2) is 5.43. The van der Waals surface area contributed by atoms with Crippen molar-refractivity contribution in [1.82, 2.24) is 0 Å². The zero-order chi connectivity index (χ0) is 9.61. The lowest BCUT2D eigenvalue weighted by atomic mass is 10.3. The summed E-state index contributed by atoms with van der Waals surface area (Å²) >= 11 is 0. The number of hydrogen-bond acceptors (Lipinski definition) is 5. The first-order valence-electron chi connectivity index (χ1n) is 3.50.